The number of hydrogen-bond donors (Lipinski definition) is 0. The predicted molar refractivity (Wildman–Crippen MR) is 45.3 cm³/mol. The monoisotopic (exact) mass is 247 g/mol. The van der Waals surface area contributed by atoms with E-state index in [1.54, 1.807) is 0 Å². The Morgan fingerprint density at radius 3 is 2.08 bits per heavy atom. The van der Waals surface area contributed by atoms with Gasteiger partial charge < -0.3 is 0 Å². The van der Waals surface area contributed by atoms with Crippen molar-refractivity contribution in [2.24, 2.45) is 0 Å². The van der Waals surface area contributed by atoms with Crippen LogP contribution in [0.4, 0.5) is 13.2 Å². The molecule has 0 spiro atoms. The zero-order valence-corrected chi connectivity index (χ0v) is 8.11. The second-order valence-electron chi connectivity index (χ2n) is 2.15. The molecule has 0 aliphatic heterocycles. The summed E-state index contributed by atoms with van der Waals surface area (Å²) in [4.78, 5) is 0. The minimum atomic E-state index is -4.59. The fourth-order valence-corrected chi connectivity index (χ4v) is 1.73. The molecule has 0 aliphatic carbocycles. The van der Waals surface area contributed by atoms with Gasteiger partial charge in [-0.2, -0.15) is 13.2 Å². The second kappa shape index (κ2) is 3.56. The fraction of sp³-hybridized carbons (Fsp3) is 0.143. The molecule has 13 heavy (non-hydrogen) atoms. The van der Waals surface area contributed by atoms with Gasteiger partial charge in [-0.3, -0.25) is 0 Å². The van der Waals surface area contributed by atoms with Crippen LogP contribution in [-0.2, 0) is 6.18 Å². The molecule has 0 N–H and O–H groups in total. The molecule has 71 valence electrons. The fourth-order valence-electron chi connectivity index (χ4n) is 0.752. The Kier molecular flexibility index (Phi) is 3.00. The summed E-state index contributed by atoms with van der Waals surface area (Å²) in [7, 11) is 0. The van der Waals surface area contributed by atoms with E-state index in [0.29, 0.717) is 0 Å². The topological polar surface area (TPSA) is 0 Å². The Morgan fingerprint density at radius 2 is 1.69 bits per heavy atom. The van der Waals surface area contributed by atoms with Gasteiger partial charge in [0.05, 0.1) is 20.6 Å². The standard InChI is InChI=1S/C7HCl3F3/c8-3-1-4(9)6(5(10)2-3)7(11,12)13/h1H. The zero-order valence-electron chi connectivity index (χ0n) is 5.85. The minimum Gasteiger partial charge on any atom is -0.166 e. The first kappa shape index (κ1) is 11.0. The van der Waals surface area contributed by atoms with Gasteiger partial charge in [0.15, 0.2) is 0 Å². The maximum atomic E-state index is 12.2. The molecule has 0 aromatic heterocycles. The summed E-state index contributed by atoms with van der Waals surface area (Å²) in [6.07, 6.45) is -4.59. The van der Waals surface area contributed by atoms with E-state index in [1.807, 2.05) is 0 Å². The lowest BCUT2D eigenvalue weighted by atomic mass is 10.2. The summed E-state index contributed by atoms with van der Waals surface area (Å²) in [5.41, 5.74) is -1.11. The summed E-state index contributed by atoms with van der Waals surface area (Å²) >= 11 is 16.0. The molecule has 0 unspecified atom stereocenters. The zero-order chi connectivity index (χ0) is 10.2. The van der Waals surface area contributed by atoms with Crippen LogP contribution in [0.5, 0.6) is 0 Å². The highest BCUT2D eigenvalue weighted by atomic mass is 35.5. The highest BCUT2D eigenvalue weighted by Gasteiger charge is 2.36. The van der Waals surface area contributed by atoms with Crippen molar-refractivity contribution in [1.29, 1.82) is 0 Å². The number of rotatable bonds is 0. The van der Waals surface area contributed by atoms with Crippen molar-refractivity contribution in [3.05, 3.63) is 32.8 Å². The largest absolute Gasteiger partial charge is 0.419 e. The third-order valence-corrected chi connectivity index (χ3v) is 2.01. The van der Waals surface area contributed by atoms with Crippen LogP contribution >= 0.6 is 34.8 Å². The highest BCUT2D eigenvalue weighted by Crippen LogP contribution is 2.40. The molecule has 0 bridgehead atoms. The third kappa shape index (κ3) is 2.42. The van der Waals surface area contributed by atoms with Gasteiger partial charge in [-0.25, -0.2) is 0 Å². The maximum absolute atomic E-state index is 12.2. The molecule has 0 amide bonds. The SMILES string of the molecule is FC(F)(F)c1c(Cl)[c]c(Cl)cc1Cl. The van der Waals surface area contributed by atoms with Crippen molar-refractivity contribution in [2.75, 3.05) is 0 Å². The number of benzene rings is 1. The molecule has 1 aromatic rings. The summed E-state index contributed by atoms with van der Waals surface area (Å²) in [6, 6.07) is 3.05. The highest BCUT2D eigenvalue weighted by molar-refractivity contribution is 6.39. The molecule has 1 aromatic carbocycles. The summed E-state index contributed by atoms with van der Waals surface area (Å²) in [6.45, 7) is 0. The summed E-state index contributed by atoms with van der Waals surface area (Å²) in [5, 5.41) is -1.20. The van der Waals surface area contributed by atoms with Gasteiger partial charge in [0.25, 0.3) is 0 Å². The first-order valence-corrected chi connectivity index (χ1v) is 4.10. The van der Waals surface area contributed by atoms with E-state index in [-0.39, 0.29) is 5.02 Å². The van der Waals surface area contributed by atoms with Crippen molar-refractivity contribution >= 4 is 34.8 Å². The predicted octanol–water partition coefficient (Wildman–Crippen LogP) is 4.47. The van der Waals surface area contributed by atoms with Gasteiger partial charge >= 0.3 is 6.18 Å². The lowest BCUT2D eigenvalue weighted by Crippen LogP contribution is -2.06. The third-order valence-electron chi connectivity index (χ3n) is 1.22. The van der Waals surface area contributed by atoms with Crippen LogP contribution in [0.1, 0.15) is 5.56 Å². The Balaban J connectivity index is 3.38. The molecule has 0 saturated carbocycles. The molecule has 0 aliphatic rings. The molecular weight excluding hydrogens is 247 g/mol. The van der Waals surface area contributed by atoms with Crippen LogP contribution in [0.3, 0.4) is 0 Å². The van der Waals surface area contributed by atoms with Crippen molar-refractivity contribution in [3.63, 3.8) is 0 Å². The van der Waals surface area contributed by atoms with Gasteiger partial charge in [-0.15, -0.1) is 0 Å². The van der Waals surface area contributed by atoms with Crippen molar-refractivity contribution in [3.8, 4) is 0 Å². The number of halogens is 6. The first-order chi connectivity index (χ1) is 5.82. The average molecular weight is 248 g/mol. The normalized spacial score (nSPS) is 11.8. The molecule has 1 rings (SSSR count). The van der Waals surface area contributed by atoms with Crippen LogP contribution < -0.4 is 0 Å². The molecule has 1 radical (unpaired) electrons. The smallest absolute Gasteiger partial charge is 0.166 e. The molecule has 0 heterocycles. The van der Waals surface area contributed by atoms with Crippen molar-refractivity contribution in [1.82, 2.24) is 0 Å². The van der Waals surface area contributed by atoms with E-state index in [9.17, 15) is 13.2 Å². The summed E-state index contributed by atoms with van der Waals surface area (Å²) < 4.78 is 36.6. The Morgan fingerprint density at radius 1 is 1.15 bits per heavy atom. The summed E-state index contributed by atoms with van der Waals surface area (Å²) in [5.74, 6) is 0. The molecule has 0 saturated heterocycles. The van der Waals surface area contributed by atoms with Crippen LogP contribution in [0.25, 0.3) is 0 Å². The minimum absolute atomic E-state index is 0.0528. The molecular formula is C7HCl3F3. The van der Waals surface area contributed by atoms with Gasteiger partial charge in [0, 0.05) is 6.07 Å². The second-order valence-corrected chi connectivity index (χ2v) is 3.34. The van der Waals surface area contributed by atoms with E-state index < -0.39 is 21.8 Å². The molecule has 0 atom stereocenters. The van der Waals surface area contributed by atoms with Crippen LogP contribution in [0, 0.1) is 6.07 Å². The average Bonchev–Trinajstić information content (AvgIpc) is 1.78. The lowest BCUT2D eigenvalue weighted by molar-refractivity contribution is -0.137. The van der Waals surface area contributed by atoms with Crippen LogP contribution in [0.15, 0.2) is 6.07 Å². The van der Waals surface area contributed by atoms with Gasteiger partial charge in [-0.05, 0) is 6.07 Å². The van der Waals surface area contributed by atoms with E-state index in [4.69, 9.17) is 34.8 Å². The van der Waals surface area contributed by atoms with E-state index in [2.05, 4.69) is 6.07 Å². The van der Waals surface area contributed by atoms with Crippen molar-refractivity contribution < 1.29 is 13.2 Å². The first-order valence-electron chi connectivity index (χ1n) is 2.96. The van der Waals surface area contributed by atoms with Gasteiger partial charge in [0.1, 0.15) is 0 Å². The van der Waals surface area contributed by atoms with E-state index >= 15 is 0 Å². The van der Waals surface area contributed by atoms with Crippen LogP contribution in [0.2, 0.25) is 15.1 Å². The number of hydrogen-bond acceptors (Lipinski definition) is 0. The molecule has 6 heteroatoms. The maximum Gasteiger partial charge on any atom is 0.419 e. The van der Waals surface area contributed by atoms with E-state index in [1.165, 1.54) is 0 Å². The van der Waals surface area contributed by atoms with E-state index in [0.717, 1.165) is 6.07 Å². The quantitative estimate of drug-likeness (QED) is 0.635. The Hall–Kier alpha value is -0.120. The molecule has 0 nitrogen and oxygen atoms in total. The van der Waals surface area contributed by atoms with Gasteiger partial charge in [-0.1, -0.05) is 34.8 Å². The Labute approximate surface area is 87.2 Å². The lowest BCUT2D eigenvalue weighted by Gasteiger charge is -2.10. The van der Waals surface area contributed by atoms with Gasteiger partial charge in [0.2, 0.25) is 0 Å². The van der Waals surface area contributed by atoms with Crippen LogP contribution in [-0.4, -0.2) is 0 Å². The number of alkyl halides is 3. The Bertz CT molecular complexity index is 309. The molecule has 0 fully saturated rings. The van der Waals surface area contributed by atoms with Crippen molar-refractivity contribution in [2.45, 2.75) is 6.18 Å².